The summed E-state index contributed by atoms with van der Waals surface area (Å²) >= 11 is 0. The highest BCUT2D eigenvalue weighted by Crippen LogP contribution is 2.40. The van der Waals surface area contributed by atoms with E-state index in [0.29, 0.717) is 11.8 Å². The molecule has 3 N–H and O–H groups in total. The molecule has 1 fully saturated rings. The maximum Gasteiger partial charge on any atom is 0.0611 e. The van der Waals surface area contributed by atoms with Gasteiger partial charge < -0.3 is 15.6 Å². The van der Waals surface area contributed by atoms with Gasteiger partial charge in [-0.2, -0.15) is 0 Å². The third kappa shape index (κ3) is 4.19. The van der Waals surface area contributed by atoms with Crippen molar-refractivity contribution >= 4 is 0 Å². The van der Waals surface area contributed by atoms with Crippen molar-refractivity contribution in [1.82, 2.24) is 0 Å². The van der Waals surface area contributed by atoms with Gasteiger partial charge in [-0.05, 0) is 73.5 Å². The van der Waals surface area contributed by atoms with Crippen LogP contribution in [0.1, 0.15) is 68.1 Å². The number of aliphatic hydroxyl groups excluding tert-OH is 1. The highest BCUT2D eigenvalue weighted by molar-refractivity contribution is 5.36. The number of benzene rings is 1. The summed E-state index contributed by atoms with van der Waals surface area (Å²) in [5.74, 6) is 1.19. The molecule has 3 atom stereocenters. The van der Waals surface area contributed by atoms with Crippen LogP contribution in [0, 0.1) is 5.92 Å². The van der Waals surface area contributed by atoms with Gasteiger partial charge in [0.1, 0.15) is 0 Å². The summed E-state index contributed by atoms with van der Waals surface area (Å²) in [6, 6.07) is 7.04. The molecule has 2 aliphatic carbocycles. The van der Waals surface area contributed by atoms with Crippen LogP contribution in [0.15, 0.2) is 18.2 Å². The molecule has 0 aromatic heterocycles. The molecule has 0 bridgehead atoms. The van der Waals surface area contributed by atoms with Gasteiger partial charge in [0, 0.05) is 18.8 Å². The van der Waals surface area contributed by atoms with Crippen LogP contribution in [0.25, 0.3) is 0 Å². The Morgan fingerprint density at radius 3 is 2.92 bits per heavy atom. The highest BCUT2D eigenvalue weighted by atomic mass is 16.5. The van der Waals surface area contributed by atoms with Crippen LogP contribution in [0.3, 0.4) is 0 Å². The van der Waals surface area contributed by atoms with E-state index < -0.39 is 0 Å². The Bertz CT molecular complexity index is 545. The number of rotatable bonds is 7. The fraction of sp³-hybridized carbons (Fsp3) is 0.714. The fourth-order valence-electron chi connectivity index (χ4n) is 4.33. The molecular formula is C21H33NO2. The number of aryl methyl sites for hydroxylation is 1. The lowest BCUT2D eigenvalue weighted by atomic mass is 9.82. The van der Waals surface area contributed by atoms with Gasteiger partial charge in [-0.3, -0.25) is 0 Å². The van der Waals surface area contributed by atoms with Gasteiger partial charge in [0.2, 0.25) is 0 Å². The third-order valence-corrected chi connectivity index (χ3v) is 5.99. The zero-order chi connectivity index (χ0) is 17.0. The third-order valence-electron chi connectivity index (χ3n) is 5.99. The molecule has 24 heavy (non-hydrogen) atoms. The van der Waals surface area contributed by atoms with Crippen molar-refractivity contribution in [1.29, 1.82) is 0 Å². The Morgan fingerprint density at radius 1 is 1.29 bits per heavy atom. The maximum atomic E-state index is 9.48. The summed E-state index contributed by atoms with van der Waals surface area (Å²) in [7, 11) is 0. The van der Waals surface area contributed by atoms with Gasteiger partial charge in [0.25, 0.3) is 0 Å². The van der Waals surface area contributed by atoms with Crippen LogP contribution < -0.4 is 5.73 Å². The van der Waals surface area contributed by atoms with Gasteiger partial charge >= 0.3 is 0 Å². The molecule has 2 aliphatic rings. The maximum absolute atomic E-state index is 9.48. The van der Waals surface area contributed by atoms with Crippen molar-refractivity contribution in [3.05, 3.63) is 34.9 Å². The molecule has 0 saturated heterocycles. The monoisotopic (exact) mass is 331 g/mol. The molecule has 0 aliphatic heterocycles. The van der Waals surface area contributed by atoms with E-state index >= 15 is 0 Å². The van der Waals surface area contributed by atoms with Gasteiger partial charge in [-0.1, -0.05) is 31.5 Å². The van der Waals surface area contributed by atoms with Crippen molar-refractivity contribution in [2.24, 2.45) is 11.7 Å². The average molecular weight is 332 g/mol. The molecule has 134 valence electrons. The van der Waals surface area contributed by atoms with Crippen molar-refractivity contribution in [2.75, 3.05) is 19.8 Å². The number of hydrogen-bond acceptors (Lipinski definition) is 3. The first-order chi connectivity index (χ1) is 11.6. The minimum atomic E-state index is -0.360. The standard InChI is InChI=1S/C21H33NO2/c1-2-3-10-24-14-16-4-5-18-12-19(7-6-17(18)11-16)20-8-9-21(22,13-20)15-23/h6-7,12,16,20,23H,2-5,8-11,13-15,22H2,1H3/t16-,20+,21-/m1/s1. The fourth-order valence-corrected chi connectivity index (χ4v) is 4.33. The van der Waals surface area contributed by atoms with Crippen molar-refractivity contribution in [3.63, 3.8) is 0 Å². The van der Waals surface area contributed by atoms with Crippen LogP contribution in [-0.4, -0.2) is 30.5 Å². The zero-order valence-electron chi connectivity index (χ0n) is 15.1. The molecule has 1 aromatic carbocycles. The van der Waals surface area contributed by atoms with Crippen LogP contribution in [0.5, 0.6) is 0 Å². The van der Waals surface area contributed by atoms with E-state index in [9.17, 15) is 5.11 Å². The number of aliphatic hydroxyl groups is 1. The first-order valence-electron chi connectivity index (χ1n) is 9.73. The largest absolute Gasteiger partial charge is 0.394 e. The normalized spacial score (nSPS) is 29.6. The lowest BCUT2D eigenvalue weighted by molar-refractivity contribution is 0.0921. The van der Waals surface area contributed by atoms with E-state index in [1.54, 1.807) is 0 Å². The Morgan fingerprint density at radius 2 is 2.17 bits per heavy atom. The second kappa shape index (κ2) is 7.99. The second-order valence-electron chi connectivity index (χ2n) is 8.03. The summed E-state index contributed by atoms with van der Waals surface area (Å²) < 4.78 is 5.83. The Labute approximate surface area is 146 Å². The molecule has 0 amide bonds. The van der Waals surface area contributed by atoms with Gasteiger partial charge in [0.15, 0.2) is 0 Å². The molecule has 0 heterocycles. The van der Waals surface area contributed by atoms with E-state index in [1.807, 2.05) is 0 Å². The molecule has 0 radical (unpaired) electrons. The number of unbranched alkanes of at least 4 members (excludes halogenated alkanes) is 1. The number of nitrogens with two attached hydrogens (primary N) is 1. The molecule has 1 saturated carbocycles. The Balaban J connectivity index is 1.58. The van der Waals surface area contributed by atoms with Crippen molar-refractivity contribution in [3.8, 4) is 0 Å². The lowest BCUT2D eigenvalue weighted by Crippen LogP contribution is -2.40. The number of fused-ring (bicyclic) bond motifs is 1. The molecule has 0 spiro atoms. The van der Waals surface area contributed by atoms with E-state index in [-0.39, 0.29) is 12.1 Å². The summed E-state index contributed by atoms with van der Waals surface area (Å²) in [5, 5.41) is 9.48. The molecular weight excluding hydrogens is 298 g/mol. The number of hydrogen-bond donors (Lipinski definition) is 2. The topological polar surface area (TPSA) is 55.5 Å². The van der Waals surface area contributed by atoms with Crippen LogP contribution in [0.4, 0.5) is 0 Å². The minimum absolute atomic E-state index is 0.105. The van der Waals surface area contributed by atoms with Crippen LogP contribution in [0.2, 0.25) is 0 Å². The summed E-state index contributed by atoms with van der Waals surface area (Å²) in [4.78, 5) is 0. The van der Waals surface area contributed by atoms with Crippen LogP contribution in [-0.2, 0) is 17.6 Å². The lowest BCUT2D eigenvalue weighted by Gasteiger charge is -2.26. The predicted molar refractivity (Wildman–Crippen MR) is 98.3 cm³/mol. The van der Waals surface area contributed by atoms with Crippen molar-refractivity contribution < 1.29 is 9.84 Å². The Hall–Kier alpha value is -0.900. The highest BCUT2D eigenvalue weighted by Gasteiger charge is 2.36. The molecule has 3 heteroatoms. The second-order valence-corrected chi connectivity index (χ2v) is 8.03. The van der Waals surface area contributed by atoms with Gasteiger partial charge in [0.05, 0.1) is 6.61 Å². The molecule has 3 rings (SSSR count). The quantitative estimate of drug-likeness (QED) is 0.751. The summed E-state index contributed by atoms with van der Waals surface area (Å²) in [5.41, 5.74) is 10.3. The van der Waals surface area contributed by atoms with E-state index in [4.69, 9.17) is 10.5 Å². The first-order valence-corrected chi connectivity index (χ1v) is 9.73. The average Bonchev–Trinajstić information content (AvgIpc) is 3.01. The SMILES string of the molecule is CCCCOC[C@@H]1CCc2cc([C@H]3CC[C@](N)(CO)C3)ccc2C1. The smallest absolute Gasteiger partial charge is 0.0611 e. The minimum Gasteiger partial charge on any atom is -0.394 e. The Kier molecular flexibility index (Phi) is 5.96. The molecule has 1 aromatic rings. The van der Waals surface area contributed by atoms with Crippen molar-refractivity contribution in [2.45, 2.75) is 69.7 Å². The predicted octanol–water partition coefficient (Wildman–Crippen LogP) is 3.57. The summed E-state index contributed by atoms with van der Waals surface area (Å²) in [6.45, 7) is 4.13. The number of ether oxygens (including phenoxy) is 1. The van der Waals surface area contributed by atoms with E-state index in [2.05, 4.69) is 25.1 Å². The van der Waals surface area contributed by atoms with Crippen LogP contribution >= 0.6 is 0 Å². The molecule has 3 nitrogen and oxygen atoms in total. The summed E-state index contributed by atoms with van der Waals surface area (Å²) in [6.07, 6.45) is 8.89. The zero-order valence-corrected chi connectivity index (χ0v) is 15.1. The van der Waals surface area contributed by atoms with Gasteiger partial charge in [-0.25, -0.2) is 0 Å². The van der Waals surface area contributed by atoms with Gasteiger partial charge in [-0.15, -0.1) is 0 Å². The van der Waals surface area contributed by atoms with E-state index in [1.165, 1.54) is 42.4 Å². The first kappa shape index (κ1) is 17.9. The molecule has 0 unspecified atom stereocenters. The van der Waals surface area contributed by atoms with E-state index in [0.717, 1.165) is 38.9 Å².